The van der Waals surface area contributed by atoms with Crippen molar-refractivity contribution >= 4 is 0 Å². The highest BCUT2D eigenvalue weighted by molar-refractivity contribution is 5.65. The predicted octanol–water partition coefficient (Wildman–Crippen LogP) is 6.36. The smallest absolute Gasteiger partial charge is 0.200 e. The second-order valence-corrected chi connectivity index (χ2v) is 5.84. The number of halogens is 6. The molecule has 2 rings (SSSR count). The summed E-state index contributed by atoms with van der Waals surface area (Å²) in [5, 5.41) is 3.31. The summed E-state index contributed by atoms with van der Waals surface area (Å²) < 4.78 is 78.8. The van der Waals surface area contributed by atoms with Crippen LogP contribution in [0.3, 0.4) is 0 Å². The van der Waals surface area contributed by atoms with Gasteiger partial charge in [-0.1, -0.05) is 51.3 Å². The number of benzene rings is 2. The van der Waals surface area contributed by atoms with Crippen LogP contribution in [0.2, 0.25) is 0 Å². The van der Waals surface area contributed by atoms with Gasteiger partial charge in [-0.15, -0.1) is 0 Å². The van der Waals surface area contributed by atoms with E-state index in [4.69, 9.17) is 0 Å². The van der Waals surface area contributed by atoms with Crippen molar-refractivity contribution in [3.8, 4) is 11.1 Å². The molecule has 7 heteroatoms. The topological polar surface area (TPSA) is 12.0 Å². The molecule has 0 heterocycles. The van der Waals surface area contributed by atoms with Gasteiger partial charge in [-0.25, -0.2) is 26.3 Å². The number of hydrogen-bond donors (Lipinski definition) is 1. The van der Waals surface area contributed by atoms with Gasteiger partial charge in [0.15, 0.2) is 23.3 Å². The van der Waals surface area contributed by atoms with Gasteiger partial charge < -0.3 is 5.32 Å². The molecule has 0 aromatic heterocycles. The Hall–Kier alpha value is -2.02. The lowest BCUT2D eigenvalue weighted by Crippen LogP contribution is -2.13. The van der Waals surface area contributed by atoms with Crippen molar-refractivity contribution in [1.29, 1.82) is 0 Å². The van der Waals surface area contributed by atoms with E-state index >= 15 is 0 Å². The van der Waals surface area contributed by atoms with Gasteiger partial charge in [-0.2, -0.15) is 0 Å². The lowest BCUT2D eigenvalue weighted by Gasteiger charge is -2.08. The fourth-order valence-electron chi connectivity index (χ4n) is 2.36. The first kappa shape index (κ1) is 23.0. The zero-order chi connectivity index (χ0) is 20.4. The highest BCUT2D eigenvalue weighted by atomic mass is 19.2. The van der Waals surface area contributed by atoms with Crippen molar-refractivity contribution < 1.29 is 26.3 Å². The van der Waals surface area contributed by atoms with Crippen molar-refractivity contribution in [3.63, 3.8) is 0 Å². The molecule has 1 N–H and O–H groups in total. The first-order valence-electron chi connectivity index (χ1n) is 8.83. The first-order valence-corrected chi connectivity index (χ1v) is 8.83. The predicted molar refractivity (Wildman–Crippen MR) is 94.3 cm³/mol. The summed E-state index contributed by atoms with van der Waals surface area (Å²) in [5.74, 6) is -11.7. The van der Waals surface area contributed by atoms with Gasteiger partial charge in [0.05, 0.1) is 5.56 Å². The first-order chi connectivity index (χ1) is 12.9. The van der Waals surface area contributed by atoms with Gasteiger partial charge in [-0.3, -0.25) is 0 Å². The Balaban J connectivity index is 0.000000345. The van der Waals surface area contributed by atoms with Gasteiger partial charge >= 0.3 is 0 Å². The number of nitrogens with one attached hydrogen (secondary N) is 1. The van der Waals surface area contributed by atoms with Crippen LogP contribution in [0.4, 0.5) is 26.3 Å². The molecule has 1 nitrogen and oxygen atoms in total. The molecular weight excluding hydrogens is 368 g/mol. The lowest BCUT2D eigenvalue weighted by molar-refractivity contribution is 0.381. The molecule has 0 bridgehead atoms. The third kappa shape index (κ3) is 6.27. The van der Waals surface area contributed by atoms with E-state index in [9.17, 15) is 26.3 Å². The van der Waals surface area contributed by atoms with E-state index in [2.05, 4.69) is 19.2 Å². The van der Waals surface area contributed by atoms with Crippen molar-refractivity contribution in [1.82, 2.24) is 5.32 Å². The Labute approximate surface area is 155 Å². The minimum Gasteiger partial charge on any atom is -0.317 e. The van der Waals surface area contributed by atoms with Crippen LogP contribution in [0.15, 0.2) is 24.3 Å². The summed E-state index contributed by atoms with van der Waals surface area (Å²) in [6.45, 7) is 6.72. The molecule has 0 amide bonds. The quantitative estimate of drug-likeness (QED) is 0.250. The summed E-state index contributed by atoms with van der Waals surface area (Å²) in [6, 6.07) is 4.22. The third-order valence-electron chi connectivity index (χ3n) is 3.81. The standard InChI is InChI=1S/C12H4F6.C8H19N/c13-6-4-2-1-3-5(6)7-8(14)10(16)12(18)11(17)9(7)15;1-3-5-6-7-8-9-4-2/h1-4H;9H,3-8H2,1-2H3. The van der Waals surface area contributed by atoms with E-state index in [0.29, 0.717) is 0 Å². The molecule has 0 aliphatic heterocycles. The van der Waals surface area contributed by atoms with Crippen molar-refractivity contribution in [2.75, 3.05) is 13.1 Å². The Bertz CT molecular complexity index is 698. The number of rotatable bonds is 7. The second-order valence-electron chi connectivity index (χ2n) is 5.84. The Morgan fingerprint density at radius 1 is 0.704 bits per heavy atom. The van der Waals surface area contributed by atoms with Crippen molar-refractivity contribution in [3.05, 3.63) is 59.2 Å². The highest BCUT2D eigenvalue weighted by Gasteiger charge is 2.27. The van der Waals surface area contributed by atoms with Crippen LogP contribution in [0.1, 0.15) is 39.5 Å². The maximum absolute atomic E-state index is 13.4. The van der Waals surface area contributed by atoms with Gasteiger partial charge in [0.2, 0.25) is 5.82 Å². The largest absolute Gasteiger partial charge is 0.317 e. The normalized spacial score (nSPS) is 10.5. The maximum atomic E-state index is 13.4. The molecule has 0 fully saturated rings. The van der Waals surface area contributed by atoms with Crippen LogP contribution >= 0.6 is 0 Å². The lowest BCUT2D eigenvalue weighted by atomic mass is 10.0. The monoisotopic (exact) mass is 391 g/mol. The fraction of sp³-hybridized carbons (Fsp3) is 0.400. The van der Waals surface area contributed by atoms with E-state index in [-0.39, 0.29) is 0 Å². The third-order valence-corrected chi connectivity index (χ3v) is 3.81. The molecule has 150 valence electrons. The fourth-order valence-corrected chi connectivity index (χ4v) is 2.36. The van der Waals surface area contributed by atoms with E-state index < -0.39 is 46.0 Å². The van der Waals surface area contributed by atoms with E-state index in [0.717, 1.165) is 18.7 Å². The average molecular weight is 391 g/mol. The molecule has 0 spiro atoms. The molecule has 0 saturated carbocycles. The van der Waals surface area contributed by atoms with Crippen LogP contribution in [0.5, 0.6) is 0 Å². The van der Waals surface area contributed by atoms with Crippen LogP contribution in [-0.4, -0.2) is 13.1 Å². The molecule has 0 aliphatic carbocycles. The van der Waals surface area contributed by atoms with Crippen LogP contribution < -0.4 is 5.32 Å². The van der Waals surface area contributed by atoms with Crippen LogP contribution in [0.25, 0.3) is 11.1 Å². The van der Waals surface area contributed by atoms with Gasteiger partial charge in [0.25, 0.3) is 0 Å². The highest BCUT2D eigenvalue weighted by Crippen LogP contribution is 2.32. The summed E-state index contributed by atoms with van der Waals surface area (Å²) in [7, 11) is 0. The second kappa shape index (κ2) is 11.6. The number of hydrogen-bond acceptors (Lipinski definition) is 1. The van der Waals surface area contributed by atoms with Gasteiger partial charge in [0.1, 0.15) is 5.82 Å². The number of unbranched alkanes of at least 4 members (excludes halogenated alkanes) is 3. The molecule has 0 radical (unpaired) electrons. The minimum absolute atomic E-state index is 0.690. The molecule has 2 aromatic carbocycles. The summed E-state index contributed by atoms with van der Waals surface area (Å²) in [4.78, 5) is 0. The summed E-state index contributed by atoms with van der Waals surface area (Å²) in [5.41, 5.74) is -1.96. The zero-order valence-corrected chi connectivity index (χ0v) is 15.3. The Morgan fingerprint density at radius 2 is 1.26 bits per heavy atom. The zero-order valence-electron chi connectivity index (χ0n) is 15.3. The van der Waals surface area contributed by atoms with Crippen molar-refractivity contribution in [2.24, 2.45) is 0 Å². The molecule has 0 aliphatic rings. The minimum atomic E-state index is -2.27. The Morgan fingerprint density at radius 3 is 1.78 bits per heavy atom. The van der Waals surface area contributed by atoms with Gasteiger partial charge in [0, 0.05) is 5.56 Å². The molecule has 0 saturated heterocycles. The molecule has 0 unspecified atom stereocenters. The van der Waals surface area contributed by atoms with Gasteiger partial charge in [-0.05, 0) is 25.6 Å². The van der Waals surface area contributed by atoms with Crippen molar-refractivity contribution in [2.45, 2.75) is 39.5 Å². The maximum Gasteiger partial charge on any atom is 0.200 e. The molecule has 27 heavy (non-hydrogen) atoms. The molecule has 0 atom stereocenters. The van der Waals surface area contributed by atoms with Crippen LogP contribution in [-0.2, 0) is 0 Å². The average Bonchev–Trinajstić information content (AvgIpc) is 2.67. The molecule has 2 aromatic rings. The van der Waals surface area contributed by atoms with Crippen LogP contribution in [0, 0.1) is 34.9 Å². The summed E-state index contributed by atoms with van der Waals surface area (Å²) in [6.07, 6.45) is 5.47. The van der Waals surface area contributed by atoms with E-state index in [1.165, 1.54) is 44.4 Å². The van der Waals surface area contributed by atoms with E-state index in [1.54, 1.807) is 0 Å². The summed E-state index contributed by atoms with van der Waals surface area (Å²) >= 11 is 0. The molecular formula is C20H23F6N. The Kier molecular flexibility index (Phi) is 9.93. The SMILES string of the molecule is CCCCCCNCC.Fc1ccccc1-c1c(F)c(F)c(F)c(F)c1F. The van der Waals surface area contributed by atoms with E-state index in [1.807, 2.05) is 0 Å².